The molecular weight excluding hydrogens is 314 g/mol. The molecule has 0 spiro atoms. The molecule has 2 amide bonds. The fourth-order valence-electron chi connectivity index (χ4n) is 3.14. The van der Waals surface area contributed by atoms with Gasteiger partial charge in [-0.3, -0.25) is 9.59 Å². The SMILES string of the molecule is CC(C)CC(=O)Nc1cccc(CNC(=O)CCC2CCNCC2)c1. The van der Waals surface area contributed by atoms with Crippen molar-refractivity contribution >= 4 is 17.5 Å². The van der Waals surface area contributed by atoms with Crippen LogP contribution in [0.3, 0.4) is 0 Å². The highest BCUT2D eigenvalue weighted by Gasteiger charge is 2.14. The summed E-state index contributed by atoms with van der Waals surface area (Å²) >= 11 is 0. The zero-order valence-electron chi connectivity index (χ0n) is 15.4. The van der Waals surface area contributed by atoms with Crippen molar-refractivity contribution in [3.63, 3.8) is 0 Å². The minimum absolute atomic E-state index is 0.0261. The van der Waals surface area contributed by atoms with E-state index in [1.165, 1.54) is 12.8 Å². The molecule has 138 valence electrons. The summed E-state index contributed by atoms with van der Waals surface area (Å²) in [4.78, 5) is 23.9. The summed E-state index contributed by atoms with van der Waals surface area (Å²) in [6, 6.07) is 7.67. The molecule has 1 aromatic rings. The molecule has 1 aromatic carbocycles. The number of nitrogens with one attached hydrogen (secondary N) is 3. The van der Waals surface area contributed by atoms with Gasteiger partial charge >= 0.3 is 0 Å². The molecule has 2 rings (SSSR count). The van der Waals surface area contributed by atoms with Crippen molar-refractivity contribution in [1.29, 1.82) is 0 Å². The first-order chi connectivity index (χ1) is 12.0. The van der Waals surface area contributed by atoms with Crippen molar-refractivity contribution in [3.05, 3.63) is 29.8 Å². The Kier molecular flexibility index (Phi) is 7.92. The molecule has 0 saturated carbocycles. The van der Waals surface area contributed by atoms with E-state index >= 15 is 0 Å². The Hall–Kier alpha value is -1.88. The average Bonchev–Trinajstić information content (AvgIpc) is 2.58. The molecule has 5 heteroatoms. The van der Waals surface area contributed by atoms with E-state index in [2.05, 4.69) is 16.0 Å². The number of carbonyl (C=O) groups excluding carboxylic acids is 2. The molecule has 1 heterocycles. The van der Waals surface area contributed by atoms with Crippen molar-refractivity contribution in [2.24, 2.45) is 11.8 Å². The summed E-state index contributed by atoms with van der Waals surface area (Å²) in [6.45, 7) is 6.69. The lowest BCUT2D eigenvalue weighted by Crippen LogP contribution is -2.29. The Morgan fingerprint density at radius 1 is 1.20 bits per heavy atom. The molecule has 0 unspecified atom stereocenters. The highest BCUT2D eigenvalue weighted by atomic mass is 16.2. The topological polar surface area (TPSA) is 70.2 Å². The number of rotatable bonds is 8. The molecule has 3 N–H and O–H groups in total. The molecule has 1 saturated heterocycles. The van der Waals surface area contributed by atoms with E-state index in [1.54, 1.807) is 0 Å². The lowest BCUT2D eigenvalue weighted by molar-refractivity contribution is -0.121. The zero-order chi connectivity index (χ0) is 18.1. The normalized spacial score (nSPS) is 15.2. The number of hydrogen-bond acceptors (Lipinski definition) is 3. The largest absolute Gasteiger partial charge is 0.352 e. The second-order valence-electron chi connectivity index (χ2n) is 7.36. The maximum absolute atomic E-state index is 12.0. The Morgan fingerprint density at radius 2 is 1.96 bits per heavy atom. The molecule has 0 aromatic heterocycles. The highest BCUT2D eigenvalue weighted by molar-refractivity contribution is 5.90. The maximum atomic E-state index is 12.0. The van der Waals surface area contributed by atoms with Crippen molar-refractivity contribution in [2.75, 3.05) is 18.4 Å². The van der Waals surface area contributed by atoms with Crippen LogP contribution in [0.4, 0.5) is 5.69 Å². The minimum Gasteiger partial charge on any atom is -0.352 e. The van der Waals surface area contributed by atoms with Crippen LogP contribution in [0.25, 0.3) is 0 Å². The predicted octanol–water partition coefficient (Wildman–Crippen LogP) is 3.07. The summed E-state index contributed by atoms with van der Waals surface area (Å²) in [7, 11) is 0. The predicted molar refractivity (Wildman–Crippen MR) is 101 cm³/mol. The van der Waals surface area contributed by atoms with Crippen LogP contribution in [-0.4, -0.2) is 24.9 Å². The average molecular weight is 345 g/mol. The van der Waals surface area contributed by atoms with E-state index in [4.69, 9.17) is 0 Å². The second-order valence-corrected chi connectivity index (χ2v) is 7.36. The maximum Gasteiger partial charge on any atom is 0.224 e. The van der Waals surface area contributed by atoms with Gasteiger partial charge in [0.2, 0.25) is 11.8 Å². The summed E-state index contributed by atoms with van der Waals surface area (Å²) in [5.74, 6) is 1.14. The minimum atomic E-state index is 0.0261. The van der Waals surface area contributed by atoms with Gasteiger partial charge in [0.05, 0.1) is 0 Å². The number of anilines is 1. The third kappa shape index (κ3) is 7.69. The summed E-state index contributed by atoms with van der Waals surface area (Å²) in [5.41, 5.74) is 1.78. The fourth-order valence-corrected chi connectivity index (χ4v) is 3.14. The molecule has 0 bridgehead atoms. The van der Waals surface area contributed by atoms with Gasteiger partial charge in [0.15, 0.2) is 0 Å². The lowest BCUT2D eigenvalue weighted by Gasteiger charge is -2.22. The van der Waals surface area contributed by atoms with Crippen molar-refractivity contribution < 1.29 is 9.59 Å². The smallest absolute Gasteiger partial charge is 0.224 e. The van der Waals surface area contributed by atoms with Gasteiger partial charge in [-0.1, -0.05) is 26.0 Å². The Balaban J connectivity index is 1.73. The first kappa shape index (κ1) is 19.4. The lowest BCUT2D eigenvalue weighted by atomic mass is 9.93. The Bertz CT molecular complexity index is 566. The van der Waals surface area contributed by atoms with E-state index in [1.807, 2.05) is 38.1 Å². The molecule has 0 atom stereocenters. The van der Waals surface area contributed by atoms with Gasteiger partial charge in [-0.15, -0.1) is 0 Å². The van der Waals surface area contributed by atoms with Crippen LogP contribution < -0.4 is 16.0 Å². The van der Waals surface area contributed by atoms with E-state index in [0.29, 0.717) is 31.2 Å². The summed E-state index contributed by atoms with van der Waals surface area (Å²) < 4.78 is 0. The third-order valence-corrected chi connectivity index (χ3v) is 4.53. The van der Waals surface area contributed by atoms with Gasteiger partial charge in [-0.05, 0) is 61.9 Å². The molecule has 25 heavy (non-hydrogen) atoms. The molecule has 5 nitrogen and oxygen atoms in total. The van der Waals surface area contributed by atoms with E-state index < -0.39 is 0 Å². The van der Waals surface area contributed by atoms with Gasteiger partial charge < -0.3 is 16.0 Å². The molecule has 0 aliphatic carbocycles. The van der Waals surface area contributed by atoms with Gasteiger partial charge in [-0.25, -0.2) is 0 Å². The quantitative estimate of drug-likeness (QED) is 0.678. The number of piperidine rings is 1. The standard InChI is InChI=1S/C20H31N3O2/c1-15(2)12-20(25)23-18-5-3-4-17(13-18)14-22-19(24)7-6-16-8-10-21-11-9-16/h3-5,13,15-16,21H,6-12,14H2,1-2H3,(H,22,24)(H,23,25). The summed E-state index contributed by atoms with van der Waals surface area (Å²) in [5, 5.41) is 9.24. The zero-order valence-corrected chi connectivity index (χ0v) is 15.4. The molecule has 1 aliphatic heterocycles. The van der Waals surface area contributed by atoms with Crippen LogP contribution in [0.1, 0.15) is 51.5 Å². The second kappa shape index (κ2) is 10.2. The van der Waals surface area contributed by atoms with Gasteiger partial charge in [0.1, 0.15) is 0 Å². The Labute approximate surface area is 151 Å². The number of amides is 2. The summed E-state index contributed by atoms with van der Waals surface area (Å²) in [6.07, 6.45) is 4.42. The fraction of sp³-hybridized carbons (Fsp3) is 0.600. The number of hydrogen-bond donors (Lipinski definition) is 3. The Morgan fingerprint density at radius 3 is 2.68 bits per heavy atom. The third-order valence-electron chi connectivity index (χ3n) is 4.53. The molecule has 0 radical (unpaired) electrons. The van der Waals surface area contributed by atoms with Crippen molar-refractivity contribution in [1.82, 2.24) is 10.6 Å². The number of carbonyl (C=O) groups is 2. The first-order valence-electron chi connectivity index (χ1n) is 9.39. The van der Waals surface area contributed by atoms with Gasteiger partial charge in [0.25, 0.3) is 0 Å². The van der Waals surface area contributed by atoms with Crippen LogP contribution >= 0.6 is 0 Å². The van der Waals surface area contributed by atoms with Gasteiger partial charge in [0, 0.05) is 25.1 Å². The van der Waals surface area contributed by atoms with E-state index in [9.17, 15) is 9.59 Å². The monoisotopic (exact) mass is 345 g/mol. The van der Waals surface area contributed by atoms with Crippen LogP contribution in [0, 0.1) is 11.8 Å². The van der Waals surface area contributed by atoms with Crippen LogP contribution in [-0.2, 0) is 16.1 Å². The molecular formula is C20H31N3O2. The number of benzene rings is 1. The van der Waals surface area contributed by atoms with Crippen molar-refractivity contribution in [2.45, 2.75) is 52.5 Å². The van der Waals surface area contributed by atoms with E-state index in [-0.39, 0.29) is 11.8 Å². The van der Waals surface area contributed by atoms with Crippen LogP contribution in [0.15, 0.2) is 24.3 Å². The van der Waals surface area contributed by atoms with Crippen LogP contribution in [0.5, 0.6) is 0 Å². The first-order valence-corrected chi connectivity index (χ1v) is 9.39. The molecule has 1 aliphatic rings. The van der Waals surface area contributed by atoms with E-state index in [0.717, 1.165) is 30.8 Å². The highest BCUT2D eigenvalue weighted by Crippen LogP contribution is 2.17. The van der Waals surface area contributed by atoms with Crippen molar-refractivity contribution in [3.8, 4) is 0 Å². The van der Waals surface area contributed by atoms with Crippen LogP contribution in [0.2, 0.25) is 0 Å². The van der Waals surface area contributed by atoms with Gasteiger partial charge in [-0.2, -0.15) is 0 Å². The molecule has 1 fully saturated rings.